The van der Waals surface area contributed by atoms with Gasteiger partial charge in [0, 0.05) is 39.1 Å². The summed E-state index contributed by atoms with van der Waals surface area (Å²) in [5.41, 5.74) is 2.65. The summed E-state index contributed by atoms with van der Waals surface area (Å²) in [6.07, 6.45) is 0.996. The molecule has 3 nitrogen and oxygen atoms in total. The minimum Gasteiger partial charge on any atom is -0.486 e. The van der Waals surface area contributed by atoms with E-state index in [4.69, 9.17) is 4.74 Å². The van der Waals surface area contributed by atoms with Crippen molar-refractivity contribution < 1.29 is 4.74 Å². The zero-order chi connectivity index (χ0) is 13.5. The van der Waals surface area contributed by atoms with Gasteiger partial charge in [0.2, 0.25) is 0 Å². The Morgan fingerprint density at radius 3 is 2.79 bits per heavy atom. The van der Waals surface area contributed by atoms with Crippen LogP contribution >= 0.6 is 15.9 Å². The molecule has 0 aliphatic carbocycles. The molecule has 1 N–H and O–H groups in total. The van der Waals surface area contributed by atoms with Gasteiger partial charge in [0.15, 0.2) is 0 Å². The van der Waals surface area contributed by atoms with Crippen molar-refractivity contribution in [2.75, 3.05) is 26.2 Å². The molecule has 0 spiro atoms. The Bertz CT molecular complexity index is 481. The number of halogens is 1. The molecule has 19 heavy (non-hydrogen) atoms. The Morgan fingerprint density at radius 2 is 2.05 bits per heavy atom. The van der Waals surface area contributed by atoms with Gasteiger partial charge in [0.1, 0.15) is 11.4 Å². The monoisotopic (exact) mass is 324 g/mol. The molecule has 1 aromatic rings. The molecule has 0 radical (unpaired) electrons. The molecule has 0 aromatic heterocycles. The van der Waals surface area contributed by atoms with Crippen LogP contribution in [0.3, 0.4) is 0 Å². The standard InChI is InChI=1S/C15H21BrN2O/c1-15(2)9-12-7-11(8-13(16)14(12)19-15)10-18-5-3-17-4-6-18/h7-8,17H,3-6,9-10H2,1-2H3. The van der Waals surface area contributed by atoms with Crippen LogP contribution < -0.4 is 10.1 Å². The van der Waals surface area contributed by atoms with E-state index in [0.717, 1.165) is 49.4 Å². The number of nitrogens with zero attached hydrogens (tertiary/aromatic N) is 1. The Kier molecular flexibility index (Phi) is 3.58. The molecule has 0 saturated carbocycles. The molecule has 1 aromatic carbocycles. The lowest BCUT2D eigenvalue weighted by molar-refractivity contribution is 0.137. The molecule has 1 fully saturated rings. The van der Waals surface area contributed by atoms with Gasteiger partial charge in [-0.25, -0.2) is 0 Å². The average Bonchev–Trinajstić information content (AvgIpc) is 2.65. The van der Waals surface area contributed by atoms with Crippen LogP contribution in [0, 0.1) is 0 Å². The third kappa shape index (κ3) is 2.96. The lowest BCUT2D eigenvalue weighted by Crippen LogP contribution is -2.42. The van der Waals surface area contributed by atoms with Gasteiger partial charge >= 0.3 is 0 Å². The quantitative estimate of drug-likeness (QED) is 0.904. The lowest BCUT2D eigenvalue weighted by atomic mass is 10.00. The van der Waals surface area contributed by atoms with Crippen LogP contribution in [0.5, 0.6) is 5.75 Å². The molecule has 3 rings (SSSR count). The van der Waals surface area contributed by atoms with Crippen LogP contribution in [0.25, 0.3) is 0 Å². The summed E-state index contributed by atoms with van der Waals surface area (Å²) in [7, 11) is 0. The van der Waals surface area contributed by atoms with E-state index in [-0.39, 0.29) is 5.60 Å². The molecule has 0 atom stereocenters. The van der Waals surface area contributed by atoms with Crippen molar-refractivity contribution in [3.05, 3.63) is 27.7 Å². The van der Waals surface area contributed by atoms with E-state index < -0.39 is 0 Å². The third-order valence-electron chi connectivity index (χ3n) is 3.79. The predicted molar refractivity (Wildman–Crippen MR) is 80.7 cm³/mol. The van der Waals surface area contributed by atoms with Crippen molar-refractivity contribution in [1.82, 2.24) is 10.2 Å². The highest BCUT2D eigenvalue weighted by molar-refractivity contribution is 9.10. The fraction of sp³-hybridized carbons (Fsp3) is 0.600. The smallest absolute Gasteiger partial charge is 0.137 e. The maximum absolute atomic E-state index is 6.00. The van der Waals surface area contributed by atoms with Crippen molar-refractivity contribution in [2.24, 2.45) is 0 Å². The molecule has 0 bridgehead atoms. The molecule has 2 aliphatic heterocycles. The van der Waals surface area contributed by atoms with Crippen molar-refractivity contribution in [2.45, 2.75) is 32.4 Å². The fourth-order valence-electron chi connectivity index (χ4n) is 2.95. The summed E-state index contributed by atoms with van der Waals surface area (Å²) in [6.45, 7) is 9.80. The number of rotatable bonds is 2. The van der Waals surface area contributed by atoms with Crippen molar-refractivity contribution >= 4 is 15.9 Å². The summed E-state index contributed by atoms with van der Waals surface area (Å²) in [6, 6.07) is 4.53. The van der Waals surface area contributed by atoms with E-state index in [1.54, 1.807) is 0 Å². The average molecular weight is 325 g/mol. The number of ether oxygens (including phenoxy) is 1. The normalized spacial score (nSPS) is 22.1. The van der Waals surface area contributed by atoms with Crippen molar-refractivity contribution in [1.29, 1.82) is 0 Å². The van der Waals surface area contributed by atoms with Crippen LogP contribution in [0.1, 0.15) is 25.0 Å². The molecule has 104 valence electrons. The predicted octanol–water partition coefficient (Wildman–Crippen LogP) is 2.57. The van der Waals surface area contributed by atoms with Gasteiger partial charge in [-0.2, -0.15) is 0 Å². The molecule has 0 amide bonds. The van der Waals surface area contributed by atoms with Crippen LogP contribution in [0.2, 0.25) is 0 Å². The van der Waals surface area contributed by atoms with Crippen molar-refractivity contribution in [3.63, 3.8) is 0 Å². The second kappa shape index (κ2) is 5.08. The van der Waals surface area contributed by atoms with Gasteiger partial charge < -0.3 is 10.1 Å². The minimum absolute atomic E-state index is 0.0709. The minimum atomic E-state index is -0.0709. The molecular formula is C15H21BrN2O. The van der Waals surface area contributed by atoms with Gasteiger partial charge in [-0.1, -0.05) is 6.07 Å². The Morgan fingerprint density at radius 1 is 1.32 bits per heavy atom. The Hall–Kier alpha value is -0.580. The second-order valence-electron chi connectivity index (χ2n) is 6.13. The van der Waals surface area contributed by atoms with Gasteiger partial charge in [0.05, 0.1) is 4.47 Å². The molecular weight excluding hydrogens is 304 g/mol. The fourth-order valence-corrected chi connectivity index (χ4v) is 3.58. The van der Waals surface area contributed by atoms with E-state index in [2.05, 4.69) is 52.1 Å². The van der Waals surface area contributed by atoms with Crippen LogP contribution in [0.15, 0.2) is 16.6 Å². The topological polar surface area (TPSA) is 24.5 Å². The molecule has 2 aliphatic rings. The summed E-state index contributed by atoms with van der Waals surface area (Å²) >= 11 is 3.66. The number of hydrogen-bond acceptors (Lipinski definition) is 3. The third-order valence-corrected chi connectivity index (χ3v) is 4.38. The first-order valence-corrected chi connectivity index (χ1v) is 7.76. The number of fused-ring (bicyclic) bond motifs is 1. The largest absolute Gasteiger partial charge is 0.486 e. The Balaban J connectivity index is 1.79. The highest BCUT2D eigenvalue weighted by Crippen LogP contribution is 2.41. The van der Waals surface area contributed by atoms with Gasteiger partial charge in [-0.05, 0) is 47.0 Å². The van der Waals surface area contributed by atoms with E-state index in [0.29, 0.717) is 0 Å². The van der Waals surface area contributed by atoms with Gasteiger partial charge in [-0.3, -0.25) is 4.90 Å². The maximum atomic E-state index is 6.00. The summed E-state index contributed by atoms with van der Waals surface area (Å²) in [5, 5.41) is 3.39. The van der Waals surface area contributed by atoms with E-state index >= 15 is 0 Å². The number of nitrogens with one attached hydrogen (secondary N) is 1. The molecule has 1 saturated heterocycles. The SMILES string of the molecule is CC1(C)Cc2cc(CN3CCNCC3)cc(Br)c2O1. The van der Waals surface area contributed by atoms with Crippen LogP contribution in [0.4, 0.5) is 0 Å². The van der Waals surface area contributed by atoms with E-state index in [9.17, 15) is 0 Å². The second-order valence-corrected chi connectivity index (χ2v) is 6.98. The molecule has 4 heteroatoms. The van der Waals surface area contributed by atoms with Gasteiger partial charge in [0.25, 0.3) is 0 Å². The molecule has 2 heterocycles. The van der Waals surface area contributed by atoms with E-state index in [1.807, 2.05) is 0 Å². The highest BCUT2D eigenvalue weighted by Gasteiger charge is 2.31. The first-order chi connectivity index (χ1) is 9.03. The number of benzene rings is 1. The van der Waals surface area contributed by atoms with E-state index in [1.165, 1.54) is 11.1 Å². The zero-order valence-corrected chi connectivity index (χ0v) is 13.2. The first-order valence-electron chi connectivity index (χ1n) is 6.97. The van der Waals surface area contributed by atoms with Gasteiger partial charge in [-0.15, -0.1) is 0 Å². The maximum Gasteiger partial charge on any atom is 0.137 e. The number of piperazine rings is 1. The lowest BCUT2D eigenvalue weighted by Gasteiger charge is -2.27. The zero-order valence-electron chi connectivity index (χ0n) is 11.6. The Labute approximate surface area is 123 Å². The van der Waals surface area contributed by atoms with Crippen LogP contribution in [-0.2, 0) is 13.0 Å². The molecule has 0 unspecified atom stereocenters. The number of hydrogen-bond donors (Lipinski definition) is 1. The summed E-state index contributed by atoms with van der Waals surface area (Å²) < 4.78 is 7.10. The summed E-state index contributed by atoms with van der Waals surface area (Å²) in [5.74, 6) is 1.04. The van der Waals surface area contributed by atoms with Crippen LogP contribution in [-0.4, -0.2) is 36.7 Å². The first kappa shape index (κ1) is 13.4. The van der Waals surface area contributed by atoms with Crippen molar-refractivity contribution in [3.8, 4) is 5.75 Å². The summed E-state index contributed by atoms with van der Waals surface area (Å²) in [4.78, 5) is 2.51. The highest BCUT2D eigenvalue weighted by atomic mass is 79.9.